The number of carbonyl (C=O) groups excluding carboxylic acids is 1. The van der Waals surface area contributed by atoms with Gasteiger partial charge in [0.2, 0.25) is 0 Å². The molecule has 0 saturated carbocycles. The van der Waals surface area contributed by atoms with Gasteiger partial charge in [0.15, 0.2) is 0 Å². The van der Waals surface area contributed by atoms with Crippen LogP contribution < -0.4 is 5.32 Å². The Hall–Kier alpha value is -0.410. The maximum atomic E-state index is 11.4. The molecule has 3 nitrogen and oxygen atoms in total. The van der Waals surface area contributed by atoms with Crippen LogP contribution in [0.3, 0.4) is 0 Å². The number of carbonyl (C=O) groups is 1. The Morgan fingerprint density at radius 2 is 2.42 bits per heavy atom. The van der Waals surface area contributed by atoms with Crippen LogP contribution in [0.2, 0.25) is 0 Å². The number of piperidine rings is 1. The maximum absolute atomic E-state index is 11.4. The number of hydrogen-bond acceptors (Lipinski definition) is 3. The zero-order valence-electron chi connectivity index (χ0n) is 7.38. The van der Waals surface area contributed by atoms with Gasteiger partial charge in [0, 0.05) is 25.5 Å². The predicted molar refractivity (Wildman–Crippen MR) is 46.9 cm³/mol. The van der Waals surface area contributed by atoms with Crippen LogP contribution in [0, 0.1) is 5.92 Å². The molecule has 0 aromatic rings. The number of Topliss-reactive ketones (excluding diaryl/α,β-unsaturated/α-hetero) is 1. The topological polar surface area (TPSA) is 49.3 Å². The maximum Gasteiger partial charge on any atom is 0.137 e. The van der Waals surface area contributed by atoms with E-state index in [2.05, 4.69) is 5.32 Å². The summed E-state index contributed by atoms with van der Waals surface area (Å²) in [6, 6.07) is 0. The minimum atomic E-state index is 0.131. The molecule has 0 bridgehead atoms. The first-order valence-corrected chi connectivity index (χ1v) is 4.69. The molecule has 1 aliphatic heterocycles. The number of aliphatic hydroxyl groups is 1. The van der Waals surface area contributed by atoms with Gasteiger partial charge in [-0.25, -0.2) is 0 Å². The summed E-state index contributed by atoms with van der Waals surface area (Å²) in [5.41, 5.74) is 0. The highest BCUT2D eigenvalue weighted by Crippen LogP contribution is 2.13. The molecule has 1 heterocycles. The number of hydrogen-bond donors (Lipinski definition) is 2. The number of nitrogens with one attached hydrogen (secondary N) is 1. The van der Waals surface area contributed by atoms with E-state index in [1.807, 2.05) is 0 Å². The number of ketones is 1. The van der Waals surface area contributed by atoms with E-state index in [1.165, 1.54) is 0 Å². The minimum Gasteiger partial charge on any atom is -0.396 e. The molecule has 2 N–H and O–H groups in total. The van der Waals surface area contributed by atoms with Gasteiger partial charge in [-0.05, 0) is 25.8 Å². The van der Waals surface area contributed by atoms with Crippen LogP contribution in [0.4, 0.5) is 0 Å². The lowest BCUT2D eigenvalue weighted by atomic mass is 9.93. The van der Waals surface area contributed by atoms with Crippen molar-refractivity contribution in [3.63, 3.8) is 0 Å². The van der Waals surface area contributed by atoms with E-state index in [0.717, 1.165) is 25.9 Å². The molecule has 0 radical (unpaired) electrons. The average molecular weight is 171 g/mol. The third kappa shape index (κ3) is 2.91. The van der Waals surface area contributed by atoms with Crippen molar-refractivity contribution in [3.05, 3.63) is 0 Å². The summed E-state index contributed by atoms with van der Waals surface area (Å²) in [7, 11) is 0. The molecule has 0 spiro atoms. The molecular weight excluding hydrogens is 154 g/mol. The zero-order chi connectivity index (χ0) is 8.81. The molecule has 1 fully saturated rings. The van der Waals surface area contributed by atoms with Crippen LogP contribution in [0.15, 0.2) is 0 Å². The van der Waals surface area contributed by atoms with Gasteiger partial charge in [0.05, 0.1) is 0 Å². The minimum absolute atomic E-state index is 0.131. The molecule has 0 aromatic heterocycles. The zero-order valence-corrected chi connectivity index (χ0v) is 7.38. The van der Waals surface area contributed by atoms with E-state index in [-0.39, 0.29) is 12.5 Å². The van der Waals surface area contributed by atoms with Gasteiger partial charge in [0.25, 0.3) is 0 Å². The second kappa shape index (κ2) is 5.27. The lowest BCUT2D eigenvalue weighted by Gasteiger charge is -2.21. The second-order valence-electron chi connectivity index (χ2n) is 3.34. The molecule has 70 valence electrons. The fraction of sp³-hybridized carbons (Fsp3) is 0.889. The van der Waals surface area contributed by atoms with Crippen molar-refractivity contribution < 1.29 is 9.90 Å². The van der Waals surface area contributed by atoms with Gasteiger partial charge in [0.1, 0.15) is 5.78 Å². The molecular formula is C9H17NO2. The van der Waals surface area contributed by atoms with Crippen LogP contribution in [0.1, 0.15) is 25.7 Å². The highest BCUT2D eigenvalue weighted by Gasteiger charge is 2.19. The Bertz CT molecular complexity index is 141. The van der Waals surface area contributed by atoms with Crippen molar-refractivity contribution >= 4 is 5.78 Å². The van der Waals surface area contributed by atoms with Crippen molar-refractivity contribution in [3.8, 4) is 0 Å². The summed E-state index contributed by atoms with van der Waals surface area (Å²) in [6.07, 6.45) is 3.30. The number of aliphatic hydroxyl groups excluding tert-OH is 1. The molecule has 0 aliphatic carbocycles. The Labute approximate surface area is 73.2 Å². The first-order valence-electron chi connectivity index (χ1n) is 4.69. The average Bonchev–Trinajstić information content (AvgIpc) is 2.15. The molecule has 1 unspecified atom stereocenters. The highest BCUT2D eigenvalue weighted by atomic mass is 16.3. The molecule has 0 aromatic carbocycles. The van der Waals surface area contributed by atoms with E-state index in [4.69, 9.17) is 5.11 Å². The summed E-state index contributed by atoms with van der Waals surface area (Å²) in [5, 5.41) is 11.8. The normalized spacial score (nSPS) is 23.9. The van der Waals surface area contributed by atoms with Crippen molar-refractivity contribution in [2.24, 2.45) is 5.92 Å². The smallest absolute Gasteiger partial charge is 0.137 e. The van der Waals surface area contributed by atoms with Gasteiger partial charge in [-0.15, -0.1) is 0 Å². The lowest BCUT2D eigenvalue weighted by molar-refractivity contribution is -0.123. The van der Waals surface area contributed by atoms with E-state index in [0.29, 0.717) is 18.6 Å². The van der Waals surface area contributed by atoms with Gasteiger partial charge in [-0.2, -0.15) is 0 Å². The number of rotatable bonds is 4. The molecule has 1 rings (SSSR count). The van der Waals surface area contributed by atoms with Gasteiger partial charge in [-0.1, -0.05) is 0 Å². The van der Waals surface area contributed by atoms with E-state index in [1.54, 1.807) is 0 Å². The third-order valence-electron chi connectivity index (χ3n) is 2.33. The van der Waals surface area contributed by atoms with Crippen molar-refractivity contribution in [1.29, 1.82) is 0 Å². The summed E-state index contributed by atoms with van der Waals surface area (Å²) in [4.78, 5) is 11.4. The first kappa shape index (κ1) is 9.68. The molecule has 12 heavy (non-hydrogen) atoms. The Morgan fingerprint density at radius 3 is 3.00 bits per heavy atom. The summed E-state index contributed by atoms with van der Waals surface area (Å²) in [5.74, 6) is 0.529. The van der Waals surface area contributed by atoms with Crippen LogP contribution in [-0.4, -0.2) is 30.6 Å². The van der Waals surface area contributed by atoms with Crippen LogP contribution in [0.5, 0.6) is 0 Å². The first-order chi connectivity index (χ1) is 5.84. The quantitative estimate of drug-likeness (QED) is 0.640. The lowest BCUT2D eigenvalue weighted by Crippen LogP contribution is -2.34. The van der Waals surface area contributed by atoms with E-state index in [9.17, 15) is 4.79 Å². The highest BCUT2D eigenvalue weighted by molar-refractivity contribution is 5.81. The molecule has 3 heteroatoms. The fourth-order valence-corrected chi connectivity index (χ4v) is 1.58. The standard InChI is InChI=1S/C9H17NO2/c11-6-2-4-9(12)8-3-1-5-10-7-8/h8,10-11H,1-7H2. The van der Waals surface area contributed by atoms with Gasteiger partial charge >= 0.3 is 0 Å². The summed E-state index contributed by atoms with van der Waals surface area (Å²) < 4.78 is 0. The van der Waals surface area contributed by atoms with Crippen LogP contribution >= 0.6 is 0 Å². The molecule has 1 saturated heterocycles. The Morgan fingerprint density at radius 1 is 1.58 bits per heavy atom. The van der Waals surface area contributed by atoms with Crippen LogP contribution in [-0.2, 0) is 4.79 Å². The third-order valence-corrected chi connectivity index (χ3v) is 2.33. The molecule has 1 aliphatic rings. The Balaban J connectivity index is 2.20. The molecule has 0 amide bonds. The van der Waals surface area contributed by atoms with E-state index >= 15 is 0 Å². The van der Waals surface area contributed by atoms with E-state index < -0.39 is 0 Å². The van der Waals surface area contributed by atoms with Gasteiger partial charge < -0.3 is 10.4 Å². The fourth-order valence-electron chi connectivity index (χ4n) is 1.58. The van der Waals surface area contributed by atoms with Gasteiger partial charge in [-0.3, -0.25) is 4.79 Å². The summed E-state index contributed by atoms with van der Waals surface area (Å²) in [6.45, 7) is 2.01. The van der Waals surface area contributed by atoms with Crippen molar-refractivity contribution in [1.82, 2.24) is 5.32 Å². The largest absolute Gasteiger partial charge is 0.396 e. The SMILES string of the molecule is O=C(CCCO)C1CCCNC1. The monoisotopic (exact) mass is 171 g/mol. The molecule has 1 atom stereocenters. The van der Waals surface area contributed by atoms with Crippen LogP contribution in [0.25, 0.3) is 0 Å². The second-order valence-corrected chi connectivity index (χ2v) is 3.34. The Kier molecular flexibility index (Phi) is 4.25. The van der Waals surface area contributed by atoms with Crippen molar-refractivity contribution in [2.75, 3.05) is 19.7 Å². The van der Waals surface area contributed by atoms with Crippen molar-refractivity contribution in [2.45, 2.75) is 25.7 Å². The predicted octanol–water partition coefficient (Wildman–Crippen LogP) is 0.328. The summed E-state index contributed by atoms with van der Waals surface area (Å²) >= 11 is 0.